The van der Waals surface area contributed by atoms with Crippen molar-refractivity contribution in [1.29, 1.82) is 0 Å². The van der Waals surface area contributed by atoms with E-state index in [0.29, 0.717) is 0 Å². The molecule has 47 heavy (non-hydrogen) atoms. The Morgan fingerprint density at radius 2 is 0.681 bits per heavy atom. The molecule has 1 spiro atoms. The Bertz CT molecular complexity index is 2830. The fraction of sp³-hybridized carbons (Fsp3) is 0.0222. The highest BCUT2D eigenvalue weighted by Crippen LogP contribution is 2.63. The summed E-state index contributed by atoms with van der Waals surface area (Å²) >= 11 is 0. The predicted octanol–water partition coefficient (Wildman–Crippen LogP) is 12.1. The van der Waals surface area contributed by atoms with Crippen molar-refractivity contribution in [2.75, 3.05) is 0 Å². The van der Waals surface area contributed by atoms with E-state index in [9.17, 15) is 0 Å². The zero-order chi connectivity index (χ0) is 31.0. The number of benzene rings is 9. The summed E-state index contributed by atoms with van der Waals surface area (Å²) in [5, 5.41) is 9.84. The van der Waals surface area contributed by atoms with Crippen LogP contribution in [-0.2, 0) is 5.41 Å². The zero-order valence-corrected chi connectivity index (χ0v) is 25.1. The lowest BCUT2D eigenvalue weighted by atomic mass is 9.70. The molecule has 0 saturated heterocycles. The van der Waals surface area contributed by atoms with Crippen LogP contribution in [0.15, 0.2) is 146 Å². The van der Waals surface area contributed by atoms with Gasteiger partial charge in [0.05, 0.1) is 5.41 Å². The Labute approximate surface area is 269 Å². The molecule has 2 aliphatic carbocycles. The van der Waals surface area contributed by atoms with Crippen molar-refractivity contribution in [3.63, 3.8) is 0 Å². The van der Waals surface area contributed by atoms with Crippen LogP contribution in [0.4, 0.5) is 8.78 Å². The summed E-state index contributed by atoms with van der Waals surface area (Å²) in [6.07, 6.45) is 0. The molecule has 2 heteroatoms. The lowest BCUT2D eigenvalue weighted by Gasteiger charge is -2.30. The van der Waals surface area contributed by atoms with Gasteiger partial charge >= 0.3 is 0 Å². The average Bonchev–Trinajstić information content (AvgIpc) is 3.58. The Kier molecular flexibility index (Phi) is 4.68. The lowest BCUT2D eigenvalue weighted by molar-refractivity contribution is 0.511. The van der Waals surface area contributed by atoms with Crippen molar-refractivity contribution in [3.8, 4) is 22.3 Å². The van der Waals surface area contributed by atoms with Gasteiger partial charge < -0.3 is 0 Å². The van der Waals surface area contributed by atoms with Crippen molar-refractivity contribution in [2.24, 2.45) is 0 Å². The van der Waals surface area contributed by atoms with Gasteiger partial charge in [0, 0.05) is 0 Å². The van der Waals surface area contributed by atoms with Crippen molar-refractivity contribution in [1.82, 2.24) is 0 Å². The van der Waals surface area contributed by atoms with E-state index in [-0.39, 0.29) is 0 Å². The molecule has 0 saturated carbocycles. The topological polar surface area (TPSA) is 0 Å². The second-order valence-electron chi connectivity index (χ2n) is 13.0. The maximum Gasteiger partial charge on any atom is 0.159 e. The van der Waals surface area contributed by atoms with Crippen molar-refractivity contribution in [3.05, 3.63) is 179 Å². The molecule has 0 nitrogen and oxygen atoms in total. The van der Waals surface area contributed by atoms with E-state index in [1.54, 1.807) is 0 Å². The van der Waals surface area contributed by atoms with Gasteiger partial charge in [-0.05, 0) is 123 Å². The standard InChI is InChI=1S/C45H24F2/c46-41-23-33-32-21-34-29-15-7-10-20-39(29)45(37-18-8-5-13-27(37)28-14-6-9-19-38(28)45)40(34)22-35(32)43-30-16-3-1-11-25(30)26-12-2-4-17-31(26)44(43)36(33)24-42(41)47/h1-24H. The first-order valence-corrected chi connectivity index (χ1v) is 16.1. The Morgan fingerprint density at radius 3 is 1.21 bits per heavy atom. The summed E-state index contributed by atoms with van der Waals surface area (Å²) in [7, 11) is 0. The summed E-state index contributed by atoms with van der Waals surface area (Å²) in [6.45, 7) is 0. The van der Waals surface area contributed by atoms with Crippen LogP contribution in [0, 0.1) is 11.6 Å². The van der Waals surface area contributed by atoms with Crippen molar-refractivity contribution < 1.29 is 8.78 Å². The molecular formula is C45H24F2. The van der Waals surface area contributed by atoms with Crippen LogP contribution < -0.4 is 0 Å². The van der Waals surface area contributed by atoms with Gasteiger partial charge in [-0.15, -0.1) is 0 Å². The second kappa shape index (κ2) is 8.69. The summed E-state index contributed by atoms with van der Waals surface area (Å²) in [5.74, 6) is -1.67. The molecule has 0 heterocycles. The molecule has 0 unspecified atom stereocenters. The van der Waals surface area contributed by atoms with E-state index in [2.05, 4.69) is 121 Å². The van der Waals surface area contributed by atoms with Crippen LogP contribution in [0.3, 0.4) is 0 Å². The van der Waals surface area contributed by atoms with Crippen molar-refractivity contribution >= 4 is 53.9 Å². The Hall–Kier alpha value is -5.86. The first kappa shape index (κ1) is 25.3. The molecular weight excluding hydrogens is 578 g/mol. The number of hydrogen-bond acceptors (Lipinski definition) is 0. The summed E-state index contributed by atoms with van der Waals surface area (Å²) in [5.41, 5.74) is 9.35. The SMILES string of the molecule is Fc1cc2c3cc4c(cc3c3c5ccccc5c5ccccc5c3c2cc1F)C1(c2ccccc2-c2ccccc21)c1ccccc1-4. The molecule has 0 radical (unpaired) electrons. The van der Waals surface area contributed by atoms with E-state index < -0.39 is 17.0 Å². The predicted molar refractivity (Wildman–Crippen MR) is 190 cm³/mol. The fourth-order valence-electron chi connectivity index (χ4n) is 9.25. The maximum absolute atomic E-state index is 15.3. The van der Waals surface area contributed by atoms with E-state index in [1.165, 1.54) is 51.1 Å². The molecule has 9 aromatic rings. The number of hydrogen-bond donors (Lipinski definition) is 0. The minimum absolute atomic E-state index is 0.505. The number of fused-ring (bicyclic) bond motifs is 21. The van der Waals surface area contributed by atoms with Crippen LogP contribution in [0.1, 0.15) is 22.3 Å². The molecule has 218 valence electrons. The van der Waals surface area contributed by atoms with Crippen molar-refractivity contribution in [2.45, 2.75) is 5.41 Å². The molecule has 0 aliphatic heterocycles. The summed E-state index contributed by atoms with van der Waals surface area (Å²) in [4.78, 5) is 0. The molecule has 2 aliphatic rings. The van der Waals surface area contributed by atoms with Crippen LogP contribution in [0.5, 0.6) is 0 Å². The molecule has 0 aromatic heterocycles. The smallest absolute Gasteiger partial charge is 0.159 e. The van der Waals surface area contributed by atoms with Crippen LogP contribution >= 0.6 is 0 Å². The van der Waals surface area contributed by atoms with Gasteiger partial charge in [0.2, 0.25) is 0 Å². The van der Waals surface area contributed by atoms with Gasteiger partial charge in [0.1, 0.15) is 0 Å². The van der Waals surface area contributed by atoms with Gasteiger partial charge in [0.25, 0.3) is 0 Å². The van der Waals surface area contributed by atoms with Gasteiger partial charge in [-0.25, -0.2) is 8.78 Å². The van der Waals surface area contributed by atoms with Gasteiger partial charge in [0.15, 0.2) is 11.6 Å². The molecule has 11 rings (SSSR count). The first-order valence-electron chi connectivity index (χ1n) is 16.1. The number of halogens is 2. The van der Waals surface area contributed by atoms with E-state index >= 15 is 8.78 Å². The van der Waals surface area contributed by atoms with Crippen LogP contribution in [0.25, 0.3) is 76.1 Å². The summed E-state index contributed by atoms with van der Waals surface area (Å²) in [6, 6.07) is 50.6. The number of rotatable bonds is 0. The first-order chi connectivity index (χ1) is 23.2. The van der Waals surface area contributed by atoms with E-state index in [1.807, 2.05) is 12.1 Å². The van der Waals surface area contributed by atoms with E-state index in [4.69, 9.17) is 0 Å². The average molecular weight is 603 g/mol. The zero-order valence-electron chi connectivity index (χ0n) is 25.1. The molecule has 0 fully saturated rings. The third-order valence-corrected chi connectivity index (χ3v) is 11.0. The Morgan fingerprint density at radius 1 is 0.298 bits per heavy atom. The molecule has 0 N–H and O–H groups in total. The largest absolute Gasteiger partial charge is 0.204 e. The normalized spacial score (nSPS) is 13.9. The highest BCUT2D eigenvalue weighted by molar-refractivity contribution is 6.39. The highest BCUT2D eigenvalue weighted by Gasteiger charge is 2.51. The maximum atomic E-state index is 15.3. The molecule has 0 bridgehead atoms. The fourth-order valence-corrected chi connectivity index (χ4v) is 9.25. The monoisotopic (exact) mass is 602 g/mol. The molecule has 0 atom stereocenters. The minimum Gasteiger partial charge on any atom is -0.204 e. The van der Waals surface area contributed by atoms with E-state index in [0.717, 1.165) is 59.4 Å². The quantitative estimate of drug-likeness (QED) is 0.152. The minimum atomic E-state index is -0.834. The molecule has 9 aromatic carbocycles. The molecule has 0 amide bonds. The highest BCUT2D eigenvalue weighted by atomic mass is 19.2. The third-order valence-electron chi connectivity index (χ3n) is 11.0. The van der Waals surface area contributed by atoms with Gasteiger partial charge in [-0.2, -0.15) is 0 Å². The van der Waals surface area contributed by atoms with Gasteiger partial charge in [-0.1, -0.05) is 121 Å². The lowest BCUT2D eigenvalue weighted by Crippen LogP contribution is -2.25. The van der Waals surface area contributed by atoms with Gasteiger partial charge in [-0.3, -0.25) is 0 Å². The third kappa shape index (κ3) is 2.93. The Balaban J connectivity index is 1.44. The second-order valence-corrected chi connectivity index (χ2v) is 13.0. The summed E-state index contributed by atoms with van der Waals surface area (Å²) < 4.78 is 30.5. The van der Waals surface area contributed by atoms with Crippen LogP contribution in [-0.4, -0.2) is 0 Å². The van der Waals surface area contributed by atoms with Crippen LogP contribution in [0.2, 0.25) is 0 Å².